The molecule has 0 saturated heterocycles. The van der Waals surface area contributed by atoms with Crippen molar-refractivity contribution < 1.29 is 24.2 Å². The minimum atomic E-state index is -0.862. The fourth-order valence-electron chi connectivity index (χ4n) is 3.37. The molecule has 0 saturated carbocycles. The monoisotopic (exact) mass is 502 g/mol. The third kappa shape index (κ3) is 24.7. The molecule has 0 radical (unpaired) electrons. The first-order chi connectivity index (χ1) is 17.6. The fourth-order valence-corrected chi connectivity index (χ4v) is 3.37. The summed E-state index contributed by atoms with van der Waals surface area (Å²) in [7, 11) is 0. The molecular formula is C31H50O5. The Morgan fingerprint density at radius 1 is 0.694 bits per heavy atom. The van der Waals surface area contributed by atoms with Crippen molar-refractivity contribution in [1.82, 2.24) is 0 Å². The van der Waals surface area contributed by atoms with Crippen LogP contribution in [-0.4, -0.2) is 36.4 Å². The van der Waals surface area contributed by atoms with Crippen LogP contribution < -0.4 is 0 Å². The SMILES string of the molecule is CCCCCCCCC/C=C/C=C/C=C/C=C/C=C/C(=O)OC(CO)COC(=O)CCCCCCC. The lowest BCUT2D eigenvalue weighted by Crippen LogP contribution is -2.27. The number of esters is 2. The number of aliphatic hydroxyl groups is 1. The zero-order chi connectivity index (χ0) is 26.5. The molecule has 0 aliphatic rings. The van der Waals surface area contributed by atoms with Crippen LogP contribution in [-0.2, 0) is 19.1 Å². The number of aliphatic hydroxyl groups excluding tert-OH is 1. The lowest BCUT2D eigenvalue weighted by atomic mass is 10.1. The Bertz CT molecular complexity index is 672. The minimum Gasteiger partial charge on any atom is -0.462 e. The van der Waals surface area contributed by atoms with Gasteiger partial charge < -0.3 is 14.6 Å². The second-order valence-corrected chi connectivity index (χ2v) is 8.94. The molecule has 1 N–H and O–H groups in total. The molecule has 1 unspecified atom stereocenters. The molecule has 36 heavy (non-hydrogen) atoms. The van der Waals surface area contributed by atoms with Crippen LogP contribution >= 0.6 is 0 Å². The summed E-state index contributed by atoms with van der Waals surface area (Å²) in [6, 6.07) is 0. The number of allylic oxidation sites excluding steroid dienone is 9. The Balaban J connectivity index is 3.93. The summed E-state index contributed by atoms with van der Waals surface area (Å²) in [6.45, 7) is 3.85. The summed E-state index contributed by atoms with van der Waals surface area (Å²) in [5, 5.41) is 9.35. The zero-order valence-corrected chi connectivity index (χ0v) is 22.7. The van der Waals surface area contributed by atoms with Gasteiger partial charge >= 0.3 is 11.9 Å². The number of hydrogen-bond donors (Lipinski definition) is 1. The van der Waals surface area contributed by atoms with E-state index in [4.69, 9.17) is 9.47 Å². The van der Waals surface area contributed by atoms with Gasteiger partial charge in [0, 0.05) is 12.5 Å². The first kappa shape index (κ1) is 33.6. The van der Waals surface area contributed by atoms with Gasteiger partial charge in [0.05, 0.1) is 6.61 Å². The maximum absolute atomic E-state index is 11.9. The van der Waals surface area contributed by atoms with E-state index in [9.17, 15) is 14.7 Å². The molecule has 0 rings (SSSR count). The van der Waals surface area contributed by atoms with E-state index in [2.05, 4.69) is 26.0 Å². The Morgan fingerprint density at radius 3 is 1.83 bits per heavy atom. The van der Waals surface area contributed by atoms with E-state index in [-0.39, 0.29) is 12.6 Å². The Morgan fingerprint density at radius 2 is 1.22 bits per heavy atom. The van der Waals surface area contributed by atoms with E-state index in [1.165, 1.54) is 57.4 Å². The lowest BCUT2D eigenvalue weighted by molar-refractivity contribution is -0.157. The van der Waals surface area contributed by atoms with Crippen LogP contribution in [0.15, 0.2) is 60.8 Å². The molecule has 0 amide bonds. The molecule has 0 aromatic rings. The summed E-state index contributed by atoms with van der Waals surface area (Å²) >= 11 is 0. The molecule has 0 spiro atoms. The molecule has 204 valence electrons. The van der Waals surface area contributed by atoms with Gasteiger partial charge in [-0.1, -0.05) is 133 Å². The van der Waals surface area contributed by atoms with Gasteiger partial charge in [-0.25, -0.2) is 4.79 Å². The summed E-state index contributed by atoms with van der Waals surface area (Å²) < 4.78 is 10.2. The second kappa shape index (κ2) is 27.2. The number of unbranched alkanes of at least 4 members (excludes halogenated alkanes) is 11. The summed E-state index contributed by atoms with van der Waals surface area (Å²) in [5.41, 5.74) is 0. The van der Waals surface area contributed by atoms with E-state index >= 15 is 0 Å². The molecule has 1 atom stereocenters. The van der Waals surface area contributed by atoms with E-state index in [1.807, 2.05) is 30.4 Å². The number of carbonyl (C=O) groups is 2. The zero-order valence-electron chi connectivity index (χ0n) is 22.7. The average molecular weight is 503 g/mol. The van der Waals surface area contributed by atoms with Crippen LogP contribution in [0.5, 0.6) is 0 Å². The minimum absolute atomic E-state index is 0.137. The number of hydrogen-bond acceptors (Lipinski definition) is 5. The van der Waals surface area contributed by atoms with E-state index in [0.717, 1.165) is 32.1 Å². The topological polar surface area (TPSA) is 72.8 Å². The Labute approximate surface area is 220 Å². The van der Waals surface area contributed by atoms with Gasteiger partial charge in [0.25, 0.3) is 0 Å². The van der Waals surface area contributed by atoms with E-state index in [1.54, 1.807) is 12.2 Å². The standard InChI is InChI=1S/C31H50O5/c1-3-5-7-9-10-11-12-13-14-15-16-17-18-19-20-22-24-26-31(34)36-29(27-32)28-35-30(33)25-23-21-8-6-4-2/h14-20,22,24,26,29,32H,3-13,21,23,25,27-28H2,1-2H3/b15-14+,17-16+,19-18+,22-20+,26-24+. The highest BCUT2D eigenvalue weighted by atomic mass is 16.6. The Hall–Kier alpha value is -2.40. The highest BCUT2D eigenvalue weighted by Crippen LogP contribution is 2.09. The van der Waals surface area contributed by atoms with Gasteiger partial charge in [-0.3, -0.25) is 4.79 Å². The molecular weight excluding hydrogens is 452 g/mol. The molecule has 0 aliphatic carbocycles. The predicted octanol–water partition coefficient (Wildman–Crippen LogP) is 7.72. The van der Waals surface area contributed by atoms with Crippen molar-refractivity contribution in [1.29, 1.82) is 0 Å². The van der Waals surface area contributed by atoms with Crippen LogP contribution in [0.25, 0.3) is 0 Å². The predicted molar refractivity (Wildman–Crippen MR) is 150 cm³/mol. The first-order valence-electron chi connectivity index (χ1n) is 13.9. The van der Waals surface area contributed by atoms with Gasteiger partial charge in [-0.05, 0) is 19.3 Å². The fraction of sp³-hybridized carbons (Fsp3) is 0.613. The number of carbonyl (C=O) groups excluding carboxylic acids is 2. The van der Waals surface area contributed by atoms with Crippen LogP contribution in [0.3, 0.4) is 0 Å². The molecule has 0 aromatic heterocycles. The van der Waals surface area contributed by atoms with Gasteiger partial charge in [0.2, 0.25) is 0 Å². The highest BCUT2D eigenvalue weighted by Gasteiger charge is 2.14. The van der Waals surface area contributed by atoms with Crippen LogP contribution in [0.4, 0.5) is 0 Å². The van der Waals surface area contributed by atoms with Gasteiger partial charge in [0.1, 0.15) is 6.61 Å². The van der Waals surface area contributed by atoms with E-state index < -0.39 is 18.7 Å². The summed E-state index contributed by atoms with van der Waals surface area (Å²) in [4.78, 5) is 23.6. The molecule has 0 aliphatic heterocycles. The highest BCUT2D eigenvalue weighted by molar-refractivity contribution is 5.82. The van der Waals surface area contributed by atoms with Gasteiger partial charge in [-0.15, -0.1) is 0 Å². The van der Waals surface area contributed by atoms with Crippen molar-refractivity contribution in [3.63, 3.8) is 0 Å². The molecule has 0 bridgehead atoms. The maximum Gasteiger partial charge on any atom is 0.331 e. The van der Waals surface area contributed by atoms with Gasteiger partial charge in [-0.2, -0.15) is 0 Å². The van der Waals surface area contributed by atoms with Crippen LogP contribution in [0, 0.1) is 0 Å². The average Bonchev–Trinajstić information content (AvgIpc) is 2.88. The quantitative estimate of drug-likeness (QED) is 0.0670. The summed E-state index contributed by atoms with van der Waals surface area (Å²) in [6.07, 6.45) is 33.6. The molecule has 0 heterocycles. The van der Waals surface area contributed by atoms with E-state index in [0.29, 0.717) is 6.42 Å². The van der Waals surface area contributed by atoms with Crippen molar-refractivity contribution in [2.75, 3.05) is 13.2 Å². The smallest absolute Gasteiger partial charge is 0.331 e. The van der Waals surface area contributed by atoms with Crippen molar-refractivity contribution in [2.45, 2.75) is 110 Å². The molecule has 0 fully saturated rings. The van der Waals surface area contributed by atoms with Crippen molar-refractivity contribution >= 4 is 11.9 Å². The molecule has 5 heteroatoms. The third-order valence-corrected chi connectivity index (χ3v) is 5.52. The van der Waals surface area contributed by atoms with Crippen molar-refractivity contribution in [3.05, 3.63) is 60.8 Å². The largest absolute Gasteiger partial charge is 0.462 e. The normalized spacial score (nSPS) is 13.1. The van der Waals surface area contributed by atoms with Crippen molar-refractivity contribution in [2.24, 2.45) is 0 Å². The molecule has 5 nitrogen and oxygen atoms in total. The second-order valence-electron chi connectivity index (χ2n) is 8.94. The maximum atomic E-state index is 11.9. The number of rotatable bonds is 23. The third-order valence-electron chi connectivity index (χ3n) is 5.52. The van der Waals surface area contributed by atoms with Crippen LogP contribution in [0.1, 0.15) is 104 Å². The van der Waals surface area contributed by atoms with Crippen LogP contribution in [0.2, 0.25) is 0 Å². The van der Waals surface area contributed by atoms with Crippen molar-refractivity contribution in [3.8, 4) is 0 Å². The number of ether oxygens (including phenoxy) is 2. The van der Waals surface area contributed by atoms with Gasteiger partial charge in [0.15, 0.2) is 6.10 Å². The molecule has 0 aromatic carbocycles. The first-order valence-corrected chi connectivity index (χ1v) is 13.9. The lowest BCUT2D eigenvalue weighted by Gasteiger charge is -2.14. The summed E-state index contributed by atoms with van der Waals surface area (Å²) in [5.74, 6) is -0.923. The Kier molecular flexibility index (Phi) is 25.4.